The molecule has 0 aliphatic carbocycles. The molecule has 0 aliphatic rings. The molecule has 0 bridgehead atoms. The van der Waals surface area contributed by atoms with Gasteiger partial charge in [0.15, 0.2) is 0 Å². The lowest BCUT2D eigenvalue weighted by atomic mass is 10.1. The Hall–Kier alpha value is -1.97. The standard InChI is InChI=1S/C15H18FN3/c1-4-7-17-15-18-9-11(3)14(19-15)12-5-6-13(16)10(2)8-12/h5-6,8-9H,4,7H2,1-3H3,(H,17,18,19). The van der Waals surface area contributed by atoms with Crippen LogP contribution in [0.2, 0.25) is 0 Å². The van der Waals surface area contributed by atoms with Crippen molar-refractivity contribution in [1.82, 2.24) is 9.97 Å². The summed E-state index contributed by atoms with van der Waals surface area (Å²) >= 11 is 0. The first-order valence-corrected chi connectivity index (χ1v) is 6.46. The van der Waals surface area contributed by atoms with Crippen molar-refractivity contribution in [3.05, 3.63) is 41.3 Å². The number of nitrogens with one attached hydrogen (secondary N) is 1. The van der Waals surface area contributed by atoms with Gasteiger partial charge in [0.1, 0.15) is 5.82 Å². The zero-order valence-corrected chi connectivity index (χ0v) is 11.5. The molecule has 0 radical (unpaired) electrons. The highest BCUT2D eigenvalue weighted by Crippen LogP contribution is 2.23. The molecule has 0 unspecified atom stereocenters. The monoisotopic (exact) mass is 259 g/mol. The van der Waals surface area contributed by atoms with Gasteiger partial charge in [-0.1, -0.05) is 6.92 Å². The van der Waals surface area contributed by atoms with E-state index in [0.717, 1.165) is 29.8 Å². The van der Waals surface area contributed by atoms with Crippen LogP contribution in [-0.4, -0.2) is 16.5 Å². The predicted octanol–water partition coefficient (Wildman–Crippen LogP) is 3.72. The Kier molecular flexibility index (Phi) is 4.10. The molecule has 0 saturated heterocycles. The van der Waals surface area contributed by atoms with Crippen LogP contribution in [0.1, 0.15) is 24.5 Å². The highest BCUT2D eigenvalue weighted by Gasteiger charge is 2.08. The maximum absolute atomic E-state index is 13.3. The number of rotatable bonds is 4. The minimum Gasteiger partial charge on any atom is -0.354 e. The highest BCUT2D eigenvalue weighted by molar-refractivity contribution is 5.64. The van der Waals surface area contributed by atoms with Gasteiger partial charge in [-0.25, -0.2) is 14.4 Å². The van der Waals surface area contributed by atoms with Crippen molar-refractivity contribution in [1.29, 1.82) is 0 Å². The summed E-state index contributed by atoms with van der Waals surface area (Å²) in [6.07, 6.45) is 2.81. The van der Waals surface area contributed by atoms with Crippen molar-refractivity contribution in [2.45, 2.75) is 27.2 Å². The molecule has 0 spiro atoms. The Balaban J connectivity index is 2.39. The zero-order valence-electron chi connectivity index (χ0n) is 11.5. The van der Waals surface area contributed by atoms with Crippen molar-refractivity contribution in [3.63, 3.8) is 0 Å². The topological polar surface area (TPSA) is 37.8 Å². The summed E-state index contributed by atoms with van der Waals surface area (Å²) in [6.45, 7) is 6.64. The molecule has 100 valence electrons. The summed E-state index contributed by atoms with van der Waals surface area (Å²) in [6, 6.07) is 5.04. The fourth-order valence-electron chi connectivity index (χ4n) is 1.85. The van der Waals surface area contributed by atoms with Gasteiger partial charge in [0, 0.05) is 18.3 Å². The molecule has 0 saturated carbocycles. The normalized spacial score (nSPS) is 10.5. The third-order valence-electron chi connectivity index (χ3n) is 2.94. The Morgan fingerprint density at radius 3 is 2.68 bits per heavy atom. The van der Waals surface area contributed by atoms with Crippen molar-refractivity contribution >= 4 is 5.95 Å². The lowest BCUT2D eigenvalue weighted by Crippen LogP contribution is -2.05. The summed E-state index contributed by atoms with van der Waals surface area (Å²) in [5.41, 5.74) is 3.36. The van der Waals surface area contributed by atoms with E-state index in [0.29, 0.717) is 11.5 Å². The van der Waals surface area contributed by atoms with Crippen molar-refractivity contribution in [2.75, 3.05) is 11.9 Å². The van der Waals surface area contributed by atoms with Gasteiger partial charge in [-0.3, -0.25) is 0 Å². The minimum absolute atomic E-state index is 0.195. The average molecular weight is 259 g/mol. The summed E-state index contributed by atoms with van der Waals surface area (Å²) < 4.78 is 13.3. The van der Waals surface area contributed by atoms with E-state index < -0.39 is 0 Å². The molecule has 0 amide bonds. The summed E-state index contributed by atoms with van der Waals surface area (Å²) in [5, 5.41) is 3.16. The van der Waals surface area contributed by atoms with Crippen LogP contribution in [0, 0.1) is 19.7 Å². The third kappa shape index (κ3) is 3.08. The van der Waals surface area contributed by atoms with E-state index in [9.17, 15) is 4.39 Å². The molecule has 0 aliphatic heterocycles. The Labute approximate surface area is 112 Å². The van der Waals surface area contributed by atoms with Crippen molar-refractivity contribution < 1.29 is 4.39 Å². The molecule has 19 heavy (non-hydrogen) atoms. The van der Waals surface area contributed by atoms with E-state index in [1.165, 1.54) is 6.07 Å². The highest BCUT2D eigenvalue weighted by atomic mass is 19.1. The molecule has 0 atom stereocenters. The van der Waals surface area contributed by atoms with Crippen LogP contribution < -0.4 is 5.32 Å². The van der Waals surface area contributed by atoms with E-state index in [1.807, 2.05) is 13.0 Å². The van der Waals surface area contributed by atoms with Crippen LogP contribution in [0.5, 0.6) is 0 Å². The van der Waals surface area contributed by atoms with Crippen molar-refractivity contribution in [2.24, 2.45) is 0 Å². The van der Waals surface area contributed by atoms with Crippen molar-refractivity contribution in [3.8, 4) is 11.3 Å². The van der Waals surface area contributed by atoms with Gasteiger partial charge in [-0.15, -0.1) is 0 Å². The predicted molar refractivity (Wildman–Crippen MR) is 75.7 cm³/mol. The summed E-state index contributed by atoms with van der Waals surface area (Å²) in [5.74, 6) is 0.421. The Bertz CT molecular complexity index is 582. The molecular formula is C15H18FN3. The van der Waals surface area contributed by atoms with Crippen LogP contribution in [-0.2, 0) is 0 Å². The maximum atomic E-state index is 13.3. The number of aromatic nitrogens is 2. The lowest BCUT2D eigenvalue weighted by molar-refractivity contribution is 0.618. The molecule has 1 N–H and O–H groups in total. The zero-order chi connectivity index (χ0) is 13.8. The molecule has 4 heteroatoms. The SMILES string of the molecule is CCCNc1ncc(C)c(-c2ccc(F)c(C)c2)n1. The van der Waals surface area contributed by atoms with Crippen LogP contribution >= 0.6 is 0 Å². The van der Waals surface area contributed by atoms with Gasteiger partial charge in [-0.05, 0) is 49.6 Å². The molecule has 1 aromatic heterocycles. The quantitative estimate of drug-likeness (QED) is 0.909. The fraction of sp³-hybridized carbons (Fsp3) is 0.333. The second-order valence-electron chi connectivity index (χ2n) is 4.62. The smallest absolute Gasteiger partial charge is 0.223 e. The number of hydrogen-bond donors (Lipinski definition) is 1. The van der Waals surface area contributed by atoms with Crippen LogP contribution in [0.25, 0.3) is 11.3 Å². The molecule has 2 rings (SSSR count). The first-order valence-electron chi connectivity index (χ1n) is 6.46. The molecule has 2 aromatic rings. The molecule has 0 fully saturated rings. The van der Waals surface area contributed by atoms with Gasteiger partial charge >= 0.3 is 0 Å². The second-order valence-corrected chi connectivity index (χ2v) is 4.62. The van der Waals surface area contributed by atoms with Gasteiger partial charge < -0.3 is 5.32 Å². The van der Waals surface area contributed by atoms with Crippen LogP contribution in [0.4, 0.5) is 10.3 Å². The summed E-state index contributed by atoms with van der Waals surface area (Å²) in [7, 11) is 0. The molecular weight excluding hydrogens is 241 g/mol. The lowest BCUT2D eigenvalue weighted by Gasteiger charge is -2.09. The largest absolute Gasteiger partial charge is 0.354 e. The molecule has 3 nitrogen and oxygen atoms in total. The average Bonchev–Trinajstić information content (AvgIpc) is 2.41. The first-order chi connectivity index (χ1) is 9.11. The van der Waals surface area contributed by atoms with Gasteiger partial charge in [-0.2, -0.15) is 0 Å². The van der Waals surface area contributed by atoms with Gasteiger partial charge in [0.2, 0.25) is 5.95 Å². The number of hydrogen-bond acceptors (Lipinski definition) is 3. The van der Waals surface area contributed by atoms with E-state index >= 15 is 0 Å². The second kappa shape index (κ2) is 5.78. The van der Waals surface area contributed by atoms with E-state index in [-0.39, 0.29) is 5.82 Å². The fourth-order valence-corrected chi connectivity index (χ4v) is 1.85. The van der Waals surface area contributed by atoms with E-state index in [2.05, 4.69) is 22.2 Å². The van der Waals surface area contributed by atoms with Crippen LogP contribution in [0.3, 0.4) is 0 Å². The number of anilines is 1. The van der Waals surface area contributed by atoms with Gasteiger partial charge in [0.05, 0.1) is 5.69 Å². The first kappa shape index (κ1) is 13.5. The minimum atomic E-state index is -0.195. The third-order valence-corrected chi connectivity index (χ3v) is 2.94. The van der Waals surface area contributed by atoms with Gasteiger partial charge in [0.25, 0.3) is 0 Å². The number of nitrogens with zero attached hydrogens (tertiary/aromatic N) is 2. The maximum Gasteiger partial charge on any atom is 0.223 e. The number of halogens is 1. The van der Waals surface area contributed by atoms with Crippen LogP contribution in [0.15, 0.2) is 24.4 Å². The number of benzene rings is 1. The number of aryl methyl sites for hydroxylation is 2. The summed E-state index contributed by atoms with van der Waals surface area (Å²) in [4.78, 5) is 8.75. The Morgan fingerprint density at radius 1 is 1.21 bits per heavy atom. The van der Waals surface area contributed by atoms with E-state index in [4.69, 9.17) is 0 Å². The van der Waals surface area contributed by atoms with E-state index in [1.54, 1.807) is 19.2 Å². The molecule has 1 aromatic carbocycles. The Morgan fingerprint density at radius 2 is 2.00 bits per heavy atom. The molecule has 1 heterocycles.